The lowest BCUT2D eigenvalue weighted by atomic mass is 10.0. The van der Waals surface area contributed by atoms with Crippen molar-refractivity contribution in [2.45, 2.75) is 38.8 Å². The molecule has 1 fully saturated rings. The summed E-state index contributed by atoms with van der Waals surface area (Å²) in [7, 11) is 0. The van der Waals surface area contributed by atoms with Crippen molar-refractivity contribution in [1.29, 1.82) is 0 Å². The number of likely N-dealkylation sites (tertiary alicyclic amines) is 1. The standard InChI is InChI=1S/C18H25N5O/c1-14-5-7-16(8-6-14)17(22-9-3-4-10-22)11-20-18(24)15(2)23-13-19-12-21-23/h5-8,12-13,15,17H,3-4,9-11H2,1-2H3,(H,20,24)/t15-,17-/m1/s1. The van der Waals surface area contributed by atoms with Crippen LogP contribution in [0.4, 0.5) is 0 Å². The number of aryl methyl sites for hydroxylation is 1. The maximum absolute atomic E-state index is 12.4. The minimum atomic E-state index is -0.357. The number of carbonyl (C=O) groups is 1. The highest BCUT2D eigenvalue weighted by molar-refractivity contribution is 5.79. The summed E-state index contributed by atoms with van der Waals surface area (Å²) in [5, 5.41) is 7.14. The highest BCUT2D eigenvalue weighted by atomic mass is 16.2. The van der Waals surface area contributed by atoms with Gasteiger partial charge in [-0.2, -0.15) is 5.10 Å². The lowest BCUT2D eigenvalue weighted by molar-refractivity contribution is -0.124. The van der Waals surface area contributed by atoms with Crippen LogP contribution in [0.2, 0.25) is 0 Å². The topological polar surface area (TPSA) is 63.1 Å². The summed E-state index contributed by atoms with van der Waals surface area (Å²) in [6, 6.07) is 8.48. The second-order valence-electron chi connectivity index (χ2n) is 6.47. The minimum absolute atomic E-state index is 0.0307. The van der Waals surface area contributed by atoms with E-state index in [0.717, 1.165) is 13.1 Å². The molecule has 1 aliphatic rings. The van der Waals surface area contributed by atoms with Crippen LogP contribution < -0.4 is 5.32 Å². The van der Waals surface area contributed by atoms with Crippen molar-refractivity contribution in [2.75, 3.05) is 19.6 Å². The van der Waals surface area contributed by atoms with Gasteiger partial charge in [0.05, 0.1) is 6.04 Å². The van der Waals surface area contributed by atoms with Gasteiger partial charge in [0.2, 0.25) is 5.91 Å². The first-order valence-corrected chi connectivity index (χ1v) is 8.57. The van der Waals surface area contributed by atoms with Crippen molar-refractivity contribution in [3.63, 3.8) is 0 Å². The number of aromatic nitrogens is 3. The maximum Gasteiger partial charge on any atom is 0.244 e. The highest BCUT2D eigenvalue weighted by Gasteiger charge is 2.25. The van der Waals surface area contributed by atoms with Gasteiger partial charge in [-0.3, -0.25) is 9.69 Å². The van der Waals surface area contributed by atoms with Gasteiger partial charge in [0, 0.05) is 6.54 Å². The van der Waals surface area contributed by atoms with E-state index in [1.165, 1.54) is 30.3 Å². The molecule has 0 radical (unpaired) electrons. The summed E-state index contributed by atoms with van der Waals surface area (Å²) in [6.45, 7) is 6.72. The Labute approximate surface area is 142 Å². The zero-order valence-corrected chi connectivity index (χ0v) is 14.4. The number of benzene rings is 1. The van der Waals surface area contributed by atoms with Gasteiger partial charge in [-0.05, 0) is 45.3 Å². The molecular formula is C18H25N5O. The molecule has 1 aromatic heterocycles. The van der Waals surface area contributed by atoms with Crippen LogP contribution in [0.25, 0.3) is 0 Å². The first-order chi connectivity index (χ1) is 11.6. The Morgan fingerprint density at radius 1 is 1.25 bits per heavy atom. The predicted octanol–water partition coefficient (Wildman–Crippen LogP) is 2.10. The highest BCUT2D eigenvalue weighted by Crippen LogP contribution is 2.25. The van der Waals surface area contributed by atoms with Gasteiger partial charge in [-0.1, -0.05) is 29.8 Å². The van der Waals surface area contributed by atoms with Gasteiger partial charge in [0.1, 0.15) is 18.7 Å². The second kappa shape index (κ2) is 7.57. The number of hydrogen-bond donors (Lipinski definition) is 1. The van der Waals surface area contributed by atoms with Crippen molar-refractivity contribution < 1.29 is 4.79 Å². The molecule has 2 atom stereocenters. The van der Waals surface area contributed by atoms with Crippen LogP contribution in [0.3, 0.4) is 0 Å². The molecule has 2 heterocycles. The van der Waals surface area contributed by atoms with Crippen molar-refractivity contribution in [3.8, 4) is 0 Å². The van der Waals surface area contributed by atoms with E-state index < -0.39 is 0 Å². The molecule has 2 aromatic rings. The molecule has 1 aliphatic heterocycles. The fraction of sp³-hybridized carbons (Fsp3) is 0.500. The molecule has 0 aliphatic carbocycles. The summed E-state index contributed by atoms with van der Waals surface area (Å²) in [6.07, 6.45) is 5.47. The molecule has 3 rings (SSSR count). The van der Waals surface area contributed by atoms with E-state index in [9.17, 15) is 4.79 Å². The minimum Gasteiger partial charge on any atom is -0.352 e. The SMILES string of the molecule is Cc1ccc([C@@H](CNC(=O)[C@@H](C)n2cncn2)N2CCCC2)cc1. The van der Waals surface area contributed by atoms with Crippen LogP contribution in [-0.2, 0) is 4.79 Å². The van der Waals surface area contributed by atoms with Crippen LogP contribution >= 0.6 is 0 Å². The molecule has 1 N–H and O–H groups in total. The van der Waals surface area contributed by atoms with E-state index in [4.69, 9.17) is 0 Å². The van der Waals surface area contributed by atoms with Crippen molar-refractivity contribution in [1.82, 2.24) is 25.0 Å². The second-order valence-corrected chi connectivity index (χ2v) is 6.47. The predicted molar refractivity (Wildman–Crippen MR) is 92.5 cm³/mol. The fourth-order valence-corrected chi connectivity index (χ4v) is 3.18. The number of carbonyl (C=O) groups excluding carboxylic acids is 1. The Balaban J connectivity index is 1.67. The Hall–Kier alpha value is -2.21. The molecule has 24 heavy (non-hydrogen) atoms. The molecule has 0 bridgehead atoms. The van der Waals surface area contributed by atoms with Crippen LogP contribution in [0, 0.1) is 6.92 Å². The van der Waals surface area contributed by atoms with Crippen LogP contribution in [0.5, 0.6) is 0 Å². The summed E-state index contributed by atoms with van der Waals surface area (Å²) >= 11 is 0. The maximum atomic E-state index is 12.4. The smallest absolute Gasteiger partial charge is 0.244 e. The largest absolute Gasteiger partial charge is 0.352 e. The number of rotatable bonds is 6. The van der Waals surface area contributed by atoms with E-state index in [2.05, 4.69) is 51.5 Å². The molecule has 1 aromatic carbocycles. The average Bonchev–Trinajstić information content (AvgIpc) is 3.29. The number of nitrogens with zero attached hydrogens (tertiary/aromatic N) is 4. The van der Waals surface area contributed by atoms with Gasteiger partial charge in [0.15, 0.2) is 0 Å². The Bertz CT molecular complexity index is 647. The third-order valence-electron chi connectivity index (χ3n) is 4.73. The van der Waals surface area contributed by atoms with Crippen molar-refractivity contribution in [3.05, 3.63) is 48.0 Å². The normalized spacial score (nSPS) is 17.6. The van der Waals surface area contributed by atoms with Gasteiger partial charge >= 0.3 is 0 Å². The lowest BCUT2D eigenvalue weighted by Crippen LogP contribution is -2.39. The zero-order valence-electron chi connectivity index (χ0n) is 14.4. The first-order valence-electron chi connectivity index (χ1n) is 8.57. The van der Waals surface area contributed by atoms with Crippen molar-refractivity contribution >= 4 is 5.91 Å². The first kappa shape index (κ1) is 16.6. The summed E-state index contributed by atoms with van der Waals surface area (Å²) in [5.41, 5.74) is 2.51. The average molecular weight is 327 g/mol. The van der Waals surface area contributed by atoms with Gasteiger partial charge < -0.3 is 5.32 Å². The molecule has 0 spiro atoms. The third-order valence-corrected chi connectivity index (χ3v) is 4.73. The van der Waals surface area contributed by atoms with Gasteiger partial charge in [-0.25, -0.2) is 9.67 Å². The molecule has 6 nitrogen and oxygen atoms in total. The molecule has 6 heteroatoms. The zero-order chi connectivity index (χ0) is 16.9. The Morgan fingerprint density at radius 2 is 1.96 bits per heavy atom. The summed E-state index contributed by atoms with van der Waals surface area (Å²) < 4.78 is 1.58. The molecule has 0 unspecified atom stereocenters. The molecule has 1 amide bonds. The summed E-state index contributed by atoms with van der Waals surface area (Å²) in [5.74, 6) is -0.0307. The van der Waals surface area contributed by atoms with E-state index in [1.807, 2.05) is 6.92 Å². The summed E-state index contributed by atoms with van der Waals surface area (Å²) in [4.78, 5) is 18.8. The monoisotopic (exact) mass is 327 g/mol. The molecule has 128 valence electrons. The molecular weight excluding hydrogens is 302 g/mol. The van der Waals surface area contributed by atoms with Crippen LogP contribution in [0.15, 0.2) is 36.9 Å². The number of nitrogens with one attached hydrogen (secondary N) is 1. The lowest BCUT2D eigenvalue weighted by Gasteiger charge is -2.28. The number of hydrogen-bond acceptors (Lipinski definition) is 4. The Morgan fingerprint density at radius 3 is 2.58 bits per heavy atom. The Kier molecular flexibility index (Phi) is 5.25. The van der Waals surface area contributed by atoms with E-state index in [1.54, 1.807) is 11.0 Å². The number of amides is 1. The van der Waals surface area contributed by atoms with E-state index >= 15 is 0 Å². The molecule has 1 saturated heterocycles. The quantitative estimate of drug-likeness (QED) is 0.882. The third kappa shape index (κ3) is 3.82. The van der Waals surface area contributed by atoms with Crippen LogP contribution in [0.1, 0.15) is 43.0 Å². The van der Waals surface area contributed by atoms with E-state index in [0.29, 0.717) is 6.54 Å². The van der Waals surface area contributed by atoms with Crippen LogP contribution in [-0.4, -0.2) is 45.2 Å². The van der Waals surface area contributed by atoms with Gasteiger partial charge in [-0.15, -0.1) is 0 Å². The fourth-order valence-electron chi connectivity index (χ4n) is 3.18. The van der Waals surface area contributed by atoms with Gasteiger partial charge in [0.25, 0.3) is 0 Å². The molecule has 0 saturated carbocycles. The van der Waals surface area contributed by atoms with Crippen molar-refractivity contribution in [2.24, 2.45) is 0 Å². The van der Waals surface area contributed by atoms with E-state index in [-0.39, 0.29) is 18.0 Å².